The van der Waals surface area contributed by atoms with Crippen LogP contribution in [0.25, 0.3) is 0 Å². The fraction of sp³-hybridized carbons (Fsp3) is 1.00. The van der Waals surface area contributed by atoms with Crippen LogP contribution in [0.1, 0.15) is 6.42 Å². The summed E-state index contributed by atoms with van der Waals surface area (Å²) in [5, 5.41) is 9.41. The van der Waals surface area contributed by atoms with Crippen molar-refractivity contribution in [1.82, 2.24) is 4.90 Å². The fourth-order valence-electron chi connectivity index (χ4n) is 1.93. The van der Waals surface area contributed by atoms with Gasteiger partial charge < -0.3 is 9.84 Å². The minimum absolute atomic E-state index is 0.101. The van der Waals surface area contributed by atoms with Gasteiger partial charge in [-0.3, -0.25) is 4.90 Å². The van der Waals surface area contributed by atoms with E-state index in [1.165, 1.54) is 0 Å². The lowest BCUT2D eigenvalue weighted by Crippen LogP contribution is -2.42. The van der Waals surface area contributed by atoms with E-state index in [-0.39, 0.29) is 25.6 Å². The van der Waals surface area contributed by atoms with Crippen molar-refractivity contribution in [3.05, 3.63) is 0 Å². The maximum absolute atomic E-state index is 12.8. The molecule has 0 amide bonds. The monoisotopic (exact) mass is 193 g/mol. The summed E-state index contributed by atoms with van der Waals surface area (Å²) in [5.74, 6) is -2.58. The highest BCUT2D eigenvalue weighted by molar-refractivity contribution is 4.91. The van der Waals surface area contributed by atoms with Crippen LogP contribution in [0, 0.1) is 0 Å². The van der Waals surface area contributed by atoms with Crippen LogP contribution >= 0.6 is 0 Å². The lowest BCUT2D eigenvalue weighted by molar-refractivity contribution is 0.000803. The SMILES string of the molecule is O[C@@H]1COCC1N1CCC(F)(F)C1. The summed E-state index contributed by atoms with van der Waals surface area (Å²) in [6.45, 7) is 0.764. The normalized spacial score (nSPS) is 39.9. The van der Waals surface area contributed by atoms with Crippen LogP contribution in [-0.4, -0.2) is 54.4 Å². The minimum atomic E-state index is -2.58. The Morgan fingerprint density at radius 1 is 1.38 bits per heavy atom. The molecule has 0 aromatic carbocycles. The van der Waals surface area contributed by atoms with Gasteiger partial charge in [0.05, 0.1) is 31.9 Å². The molecule has 0 aromatic heterocycles. The molecule has 2 saturated heterocycles. The van der Waals surface area contributed by atoms with Crippen molar-refractivity contribution in [1.29, 1.82) is 0 Å². The summed E-state index contributed by atoms with van der Waals surface area (Å²) >= 11 is 0. The molecule has 0 radical (unpaired) electrons. The van der Waals surface area contributed by atoms with E-state index in [9.17, 15) is 13.9 Å². The Labute approximate surface area is 75.3 Å². The van der Waals surface area contributed by atoms with E-state index in [1.54, 1.807) is 4.90 Å². The van der Waals surface area contributed by atoms with Gasteiger partial charge in [-0.1, -0.05) is 0 Å². The summed E-state index contributed by atoms with van der Waals surface area (Å²) in [5.41, 5.74) is 0. The van der Waals surface area contributed by atoms with E-state index < -0.39 is 12.0 Å². The zero-order chi connectivity index (χ0) is 9.47. The van der Waals surface area contributed by atoms with Crippen LogP contribution in [0.2, 0.25) is 0 Å². The average molecular weight is 193 g/mol. The van der Waals surface area contributed by atoms with Crippen molar-refractivity contribution in [2.75, 3.05) is 26.3 Å². The molecule has 0 bridgehead atoms. The minimum Gasteiger partial charge on any atom is -0.389 e. The number of halogens is 2. The second-order valence-corrected chi connectivity index (χ2v) is 3.75. The van der Waals surface area contributed by atoms with Crippen molar-refractivity contribution in [3.63, 3.8) is 0 Å². The number of aliphatic hydroxyl groups is 1. The third kappa shape index (κ3) is 1.82. The van der Waals surface area contributed by atoms with Crippen LogP contribution in [0.4, 0.5) is 8.78 Å². The van der Waals surface area contributed by atoms with Gasteiger partial charge in [0.2, 0.25) is 0 Å². The topological polar surface area (TPSA) is 32.7 Å². The number of aliphatic hydroxyl groups excluding tert-OH is 1. The van der Waals surface area contributed by atoms with Gasteiger partial charge in [-0.15, -0.1) is 0 Å². The van der Waals surface area contributed by atoms with Crippen molar-refractivity contribution in [2.45, 2.75) is 24.5 Å². The van der Waals surface area contributed by atoms with Gasteiger partial charge in [0.25, 0.3) is 5.92 Å². The number of nitrogens with zero attached hydrogens (tertiary/aromatic N) is 1. The van der Waals surface area contributed by atoms with Crippen molar-refractivity contribution >= 4 is 0 Å². The van der Waals surface area contributed by atoms with Gasteiger partial charge in [0.1, 0.15) is 0 Å². The van der Waals surface area contributed by atoms with E-state index in [0.717, 1.165) is 0 Å². The predicted molar refractivity (Wildman–Crippen MR) is 41.8 cm³/mol. The summed E-state index contributed by atoms with van der Waals surface area (Å²) in [6, 6.07) is -0.228. The molecule has 1 N–H and O–H groups in total. The van der Waals surface area contributed by atoms with E-state index in [4.69, 9.17) is 4.74 Å². The number of hydrogen-bond acceptors (Lipinski definition) is 3. The Balaban J connectivity index is 1.95. The molecule has 2 rings (SSSR count). The van der Waals surface area contributed by atoms with Crippen LogP contribution < -0.4 is 0 Å². The number of hydrogen-bond donors (Lipinski definition) is 1. The molecule has 13 heavy (non-hydrogen) atoms. The lowest BCUT2D eigenvalue weighted by atomic mass is 10.2. The van der Waals surface area contributed by atoms with Crippen LogP contribution in [0.5, 0.6) is 0 Å². The highest BCUT2D eigenvalue weighted by Gasteiger charge is 2.43. The molecule has 2 aliphatic rings. The highest BCUT2D eigenvalue weighted by atomic mass is 19.3. The Morgan fingerprint density at radius 3 is 2.62 bits per heavy atom. The second-order valence-electron chi connectivity index (χ2n) is 3.75. The molecule has 2 aliphatic heterocycles. The lowest BCUT2D eigenvalue weighted by Gasteiger charge is -2.24. The standard InChI is InChI=1S/C8H13F2NO2/c9-8(10)1-2-11(5-8)6-3-13-4-7(6)12/h6-7,12H,1-5H2/t6?,7-/m1/s1. The third-order valence-corrected chi connectivity index (χ3v) is 2.69. The van der Waals surface area contributed by atoms with E-state index >= 15 is 0 Å². The first-order valence-electron chi connectivity index (χ1n) is 4.46. The van der Waals surface area contributed by atoms with Crippen LogP contribution in [-0.2, 0) is 4.74 Å². The van der Waals surface area contributed by atoms with Crippen molar-refractivity contribution < 1.29 is 18.6 Å². The zero-order valence-electron chi connectivity index (χ0n) is 7.25. The van der Waals surface area contributed by atoms with Crippen molar-refractivity contribution in [2.24, 2.45) is 0 Å². The summed E-state index contributed by atoms with van der Waals surface area (Å²) in [7, 11) is 0. The molecule has 3 nitrogen and oxygen atoms in total. The average Bonchev–Trinajstić information content (AvgIpc) is 2.56. The molecular formula is C8H13F2NO2. The zero-order valence-corrected chi connectivity index (χ0v) is 7.25. The van der Waals surface area contributed by atoms with Gasteiger partial charge in [-0.2, -0.15) is 0 Å². The van der Waals surface area contributed by atoms with Crippen LogP contribution in [0.3, 0.4) is 0 Å². The summed E-state index contributed by atoms with van der Waals surface area (Å²) in [6.07, 6.45) is -0.704. The maximum Gasteiger partial charge on any atom is 0.261 e. The molecule has 1 unspecified atom stereocenters. The quantitative estimate of drug-likeness (QED) is 0.640. The first-order chi connectivity index (χ1) is 6.08. The summed E-state index contributed by atoms with van der Waals surface area (Å²) in [4.78, 5) is 1.62. The molecule has 0 saturated carbocycles. The molecule has 5 heteroatoms. The maximum atomic E-state index is 12.8. The predicted octanol–water partition coefficient (Wildman–Crippen LogP) is 0.0871. The number of ether oxygens (including phenoxy) is 1. The number of alkyl halides is 2. The molecular weight excluding hydrogens is 180 g/mol. The molecule has 2 heterocycles. The van der Waals surface area contributed by atoms with Crippen LogP contribution in [0.15, 0.2) is 0 Å². The Morgan fingerprint density at radius 2 is 2.15 bits per heavy atom. The van der Waals surface area contributed by atoms with Gasteiger partial charge in [0, 0.05) is 13.0 Å². The first-order valence-corrected chi connectivity index (χ1v) is 4.46. The van der Waals surface area contributed by atoms with Gasteiger partial charge >= 0.3 is 0 Å². The molecule has 2 fully saturated rings. The first kappa shape index (κ1) is 9.30. The number of rotatable bonds is 1. The summed E-state index contributed by atoms with van der Waals surface area (Å²) < 4.78 is 30.6. The third-order valence-electron chi connectivity index (χ3n) is 2.69. The molecule has 0 spiro atoms. The van der Waals surface area contributed by atoms with Gasteiger partial charge in [0.15, 0.2) is 0 Å². The van der Waals surface area contributed by atoms with Gasteiger partial charge in [-0.25, -0.2) is 8.78 Å². The van der Waals surface area contributed by atoms with E-state index in [2.05, 4.69) is 0 Å². The second kappa shape index (κ2) is 3.15. The van der Waals surface area contributed by atoms with Gasteiger partial charge in [-0.05, 0) is 0 Å². The molecule has 0 aliphatic carbocycles. The molecule has 0 aromatic rings. The molecule has 2 atom stereocenters. The molecule has 76 valence electrons. The largest absolute Gasteiger partial charge is 0.389 e. The smallest absolute Gasteiger partial charge is 0.261 e. The Kier molecular flexibility index (Phi) is 2.25. The Bertz CT molecular complexity index is 201. The fourth-order valence-corrected chi connectivity index (χ4v) is 1.93. The van der Waals surface area contributed by atoms with Crippen molar-refractivity contribution in [3.8, 4) is 0 Å². The number of likely N-dealkylation sites (tertiary alicyclic amines) is 1. The Hall–Kier alpha value is -0.260. The highest BCUT2D eigenvalue weighted by Crippen LogP contribution is 2.30. The van der Waals surface area contributed by atoms with E-state index in [1.807, 2.05) is 0 Å². The van der Waals surface area contributed by atoms with E-state index in [0.29, 0.717) is 13.2 Å².